The number of rotatable bonds is 2. The number of pyridine rings is 1. The molecule has 1 N–H and O–H groups in total. The highest BCUT2D eigenvalue weighted by atomic mass is 35.5. The summed E-state index contributed by atoms with van der Waals surface area (Å²) in [5, 5.41) is 5.10. The van der Waals surface area contributed by atoms with Crippen molar-refractivity contribution in [3.8, 4) is 0 Å². The van der Waals surface area contributed by atoms with Crippen LogP contribution in [-0.4, -0.2) is 4.98 Å². The average Bonchev–Trinajstić information content (AvgIpc) is 2.43. The average molecular weight is 269 g/mol. The predicted molar refractivity (Wildman–Crippen MR) is 81.2 cm³/mol. The number of benzene rings is 2. The molecule has 0 aliphatic rings. The number of aryl methyl sites for hydroxylation is 1. The molecule has 1 aromatic heterocycles. The van der Waals surface area contributed by atoms with Crippen molar-refractivity contribution in [2.24, 2.45) is 0 Å². The van der Waals surface area contributed by atoms with Gasteiger partial charge in [0.25, 0.3) is 0 Å². The second kappa shape index (κ2) is 4.90. The number of hydrogen-bond acceptors (Lipinski definition) is 2. The molecule has 3 heteroatoms. The number of hydrogen-bond donors (Lipinski definition) is 1. The van der Waals surface area contributed by atoms with E-state index in [1.807, 2.05) is 24.3 Å². The highest BCUT2D eigenvalue weighted by molar-refractivity contribution is 6.35. The summed E-state index contributed by atoms with van der Waals surface area (Å²) in [4.78, 5) is 4.33. The van der Waals surface area contributed by atoms with Gasteiger partial charge in [-0.2, -0.15) is 0 Å². The van der Waals surface area contributed by atoms with E-state index in [2.05, 4.69) is 41.5 Å². The van der Waals surface area contributed by atoms with Gasteiger partial charge in [-0.1, -0.05) is 41.4 Å². The predicted octanol–water partition coefficient (Wildman–Crippen LogP) is 4.94. The Kier molecular flexibility index (Phi) is 3.10. The van der Waals surface area contributed by atoms with E-state index in [1.54, 1.807) is 6.20 Å². The molecular formula is C16H13ClN2. The van der Waals surface area contributed by atoms with Crippen LogP contribution in [0, 0.1) is 6.92 Å². The third kappa shape index (κ3) is 2.40. The van der Waals surface area contributed by atoms with Crippen LogP contribution in [0.25, 0.3) is 10.9 Å². The van der Waals surface area contributed by atoms with Crippen molar-refractivity contribution < 1.29 is 0 Å². The molecular weight excluding hydrogens is 256 g/mol. The molecule has 0 saturated heterocycles. The van der Waals surface area contributed by atoms with Crippen LogP contribution in [0.5, 0.6) is 0 Å². The molecule has 3 rings (SSSR count). The van der Waals surface area contributed by atoms with Crippen LogP contribution in [0.2, 0.25) is 5.02 Å². The van der Waals surface area contributed by atoms with Gasteiger partial charge in [-0.3, -0.25) is 4.98 Å². The second-order valence-electron chi connectivity index (χ2n) is 4.49. The maximum Gasteiger partial charge on any atom is 0.0908 e. The molecule has 0 radical (unpaired) electrons. The third-order valence-electron chi connectivity index (χ3n) is 3.05. The van der Waals surface area contributed by atoms with Crippen LogP contribution in [-0.2, 0) is 0 Å². The first kappa shape index (κ1) is 12.0. The lowest BCUT2D eigenvalue weighted by molar-refractivity contribution is 1.40. The molecule has 3 aromatic rings. The Morgan fingerprint density at radius 1 is 1.00 bits per heavy atom. The molecule has 0 amide bonds. The van der Waals surface area contributed by atoms with Crippen LogP contribution >= 0.6 is 11.6 Å². The van der Waals surface area contributed by atoms with Gasteiger partial charge in [-0.05, 0) is 31.2 Å². The molecule has 2 nitrogen and oxygen atoms in total. The summed E-state index contributed by atoms with van der Waals surface area (Å²) in [6, 6.07) is 16.1. The van der Waals surface area contributed by atoms with Crippen molar-refractivity contribution in [2.45, 2.75) is 6.92 Å². The molecule has 0 atom stereocenters. The van der Waals surface area contributed by atoms with Crippen molar-refractivity contribution in [2.75, 3.05) is 5.32 Å². The molecule has 19 heavy (non-hydrogen) atoms. The highest BCUT2D eigenvalue weighted by Crippen LogP contribution is 2.29. The Bertz CT molecular complexity index is 720. The van der Waals surface area contributed by atoms with Crippen molar-refractivity contribution in [3.63, 3.8) is 0 Å². The fourth-order valence-corrected chi connectivity index (χ4v) is 2.26. The summed E-state index contributed by atoms with van der Waals surface area (Å²) in [5.41, 5.74) is 4.13. The minimum absolute atomic E-state index is 0.671. The maximum absolute atomic E-state index is 6.16. The normalized spacial score (nSPS) is 10.6. The van der Waals surface area contributed by atoms with Gasteiger partial charge in [-0.25, -0.2) is 0 Å². The van der Waals surface area contributed by atoms with E-state index in [1.165, 1.54) is 5.56 Å². The fourth-order valence-electron chi connectivity index (χ4n) is 2.04. The van der Waals surface area contributed by atoms with Gasteiger partial charge in [0.1, 0.15) is 0 Å². The summed E-state index contributed by atoms with van der Waals surface area (Å²) in [6.45, 7) is 2.07. The summed E-state index contributed by atoms with van der Waals surface area (Å²) in [5.74, 6) is 0. The lowest BCUT2D eigenvalue weighted by atomic mass is 10.1. The standard InChI is InChI=1S/C16H13ClN2/c1-11-5-7-12(8-6-11)19-15-9-10-18-16-13(15)3-2-4-14(16)17/h2-10H,1H3,(H,18,19). The Balaban J connectivity index is 2.06. The van der Waals surface area contributed by atoms with Gasteiger partial charge < -0.3 is 5.32 Å². The first-order chi connectivity index (χ1) is 9.24. The SMILES string of the molecule is Cc1ccc(Nc2ccnc3c(Cl)cccc23)cc1. The monoisotopic (exact) mass is 268 g/mol. The van der Waals surface area contributed by atoms with Gasteiger partial charge in [0.15, 0.2) is 0 Å². The Morgan fingerprint density at radius 3 is 2.58 bits per heavy atom. The van der Waals surface area contributed by atoms with Gasteiger partial charge in [-0.15, -0.1) is 0 Å². The first-order valence-electron chi connectivity index (χ1n) is 6.11. The number of nitrogens with zero attached hydrogens (tertiary/aromatic N) is 1. The molecule has 0 saturated carbocycles. The van der Waals surface area contributed by atoms with Crippen LogP contribution in [0.4, 0.5) is 11.4 Å². The van der Waals surface area contributed by atoms with Gasteiger partial charge in [0, 0.05) is 23.0 Å². The molecule has 0 bridgehead atoms. The van der Waals surface area contributed by atoms with Gasteiger partial charge in [0.2, 0.25) is 0 Å². The smallest absolute Gasteiger partial charge is 0.0908 e. The van der Waals surface area contributed by atoms with Crippen LogP contribution in [0.3, 0.4) is 0 Å². The molecule has 94 valence electrons. The van der Waals surface area contributed by atoms with Gasteiger partial charge in [0.05, 0.1) is 10.5 Å². The molecule has 2 aromatic carbocycles. The fraction of sp³-hybridized carbons (Fsp3) is 0.0625. The number of halogens is 1. The van der Waals surface area contributed by atoms with Crippen LogP contribution < -0.4 is 5.32 Å². The quantitative estimate of drug-likeness (QED) is 0.712. The third-order valence-corrected chi connectivity index (χ3v) is 3.36. The lowest BCUT2D eigenvalue weighted by Gasteiger charge is -2.10. The molecule has 1 heterocycles. The largest absolute Gasteiger partial charge is 0.355 e. The summed E-state index contributed by atoms with van der Waals surface area (Å²) >= 11 is 6.16. The van der Waals surface area contributed by atoms with Gasteiger partial charge >= 0.3 is 0 Å². The lowest BCUT2D eigenvalue weighted by Crippen LogP contribution is -1.92. The molecule has 0 fully saturated rings. The summed E-state index contributed by atoms with van der Waals surface area (Å²) in [7, 11) is 0. The summed E-state index contributed by atoms with van der Waals surface area (Å²) < 4.78 is 0. The van der Waals surface area contributed by atoms with Crippen molar-refractivity contribution in [1.29, 1.82) is 0 Å². The van der Waals surface area contributed by atoms with E-state index in [0.717, 1.165) is 22.3 Å². The zero-order chi connectivity index (χ0) is 13.2. The molecule has 0 spiro atoms. The topological polar surface area (TPSA) is 24.9 Å². The number of nitrogens with one attached hydrogen (secondary N) is 1. The minimum Gasteiger partial charge on any atom is -0.355 e. The number of para-hydroxylation sites is 1. The Hall–Kier alpha value is -2.06. The summed E-state index contributed by atoms with van der Waals surface area (Å²) in [6.07, 6.45) is 1.77. The maximum atomic E-state index is 6.16. The van der Waals surface area contributed by atoms with E-state index >= 15 is 0 Å². The van der Waals surface area contributed by atoms with E-state index in [0.29, 0.717) is 5.02 Å². The molecule has 0 aliphatic carbocycles. The van der Waals surface area contributed by atoms with Crippen molar-refractivity contribution in [1.82, 2.24) is 4.98 Å². The molecule has 0 unspecified atom stereocenters. The minimum atomic E-state index is 0.671. The zero-order valence-corrected chi connectivity index (χ0v) is 11.3. The van der Waals surface area contributed by atoms with Crippen molar-refractivity contribution in [3.05, 3.63) is 65.3 Å². The van der Waals surface area contributed by atoms with Crippen LogP contribution in [0.15, 0.2) is 54.7 Å². The first-order valence-corrected chi connectivity index (χ1v) is 6.49. The van der Waals surface area contributed by atoms with Crippen molar-refractivity contribution >= 4 is 33.9 Å². The van der Waals surface area contributed by atoms with E-state index < -0.39 is 0 Å². The van der Waals surface area contributed by atoms with E-state index in [9.17, 15) is 0 Å². The molecule has 0 aliphatic heterocycles. The Morgan fingerprint density at radius 2 is 1.79 bits per heavy atom. The second-order valence-corrected chi connectivity index (χ2v) is 4.89. The number of fused-ring (bicyclic) bond motifs is 1. The number of anilines is 2. The Labute approximate surface area is 117 Å². The highest BCUT2D eigenvalue weighted by Gasteiger charge is 2.04. The van der Waals surface area contributed by atoms with E-state index in [4.69, 9.17) is 11.6 Å². The number of aromatic nitrogens is 1. The zero-order valence-electron chi connectivity index (χ0n) is 10.5. The van der Waals surface area contributed by atoms with Crippen LogP contribution in [0.1, 0.15) is 5.56 Å². The van der Waals surface area contributed by atoms with E-state index in [-0.39, 0.29) is 0 Å².